The van der Waals surface area contributed by atoms with Crippen molar-refractivity contribution in [1.82, 2.24) is 4.98 Å². The summed E-state index contributed by atoms with van der Waals surface area (Å²) in [7, 11) is 0. The minimum Gasteiger partial charge on any atom is -0.436 e. The third-order valence-electron chi connectivity index (χ3n) is 5.31. The minimum absolute atomic E-state index is 0.310. The molecule has 2 heterocycles. The van der Waals surface area contributed by atoms with Crippen LogP contribution in [0, 0.1) is 20.8 Å². The molecule has 5 rings (SSSR count). The number of benzene rings is 3. The third kappa shape index (κ3) is 2.58. The van der Waals surface area contributed by atoms with Crippen LogP contribution in [0.5, 0.6) is 0 Å². The first-order valence-electron chi connectivity index (χ1n) is 9.40. The molecular weight excluding hydrogens is 364 g/mol. The van der Waals surface area contributed by atoms with E-state index in [9.17, 15) is 9.59 Å². The lowest BCUT2D eigenvalue weighted by molar-refractivity contribution is 0.0926. The summed E-state index contributed by atoms with van der Waals surface area (Å²) in [6.07, 6.45) is 0. The Kier molecular flexibility index (Phi) is 3.68. The van der Waals surface area contributed by atoms with Crippen LogP contribution in [0.3, 0.4) is 0 Å². The lowest BCUT2D eigenvalue weighted by atomic mass is 10.1. The maximum absolute atomic E-state index is 12.9. The molecule has 0 bridgehead atoms. The monoisotopic (exact) mass is 382 g/mol. The highest BCUT2D eigenvalue weighted by Crippen LogP contribution is 2.35. The van der Waals surface area contributed by atoms with Crippen molar-refractivity contribution < 1.29 is 14.0 Å². The SMILES string of the molecule is Cc1cc(C)c2oc(-c3ccc(C)c(N4C(=O)c5ccccc5C4=O)c3)nc2c1. The molecule has 0 radical (unpaired) electrons. The Labute approximate surface area is 167 Å². The summed E-state index contributed by atoms with van der Waals surface area (Å²) in [6.45, 7) is 5.89. The van der Waals surface area contributed by atoms with Crippen LogP contribution >= 0.6 is 0 Å². The summed E-state index contributed by atoms with van der Waals surface area (Å²) in [5.41, 5.74) is 6.61. The van der Waals surface area contributed by atoms with Gasteiger partial charge in [0, 0.05) is 5.56 Å². The van der Waals surface area contributed by atoms with Gasteiger partial charge in [0.05, 0.1) is 16.8 Å². The van der Waals surface area contributed by atoms with Crippen molar-refractivity contribution in [2.45, 2.75) is 20.8 Å². The largest absolute Gasteiger partial charge is 0.436 e. The second-order valence-corrected chi connectivity index (χ2v) is 7.44. The van der Waals surface area contributed by atoms with E-state index >= 15 is 0 Å². The maximum atomic E-state index is 12.9. The number of imide groups is 1. The van der Waals surface area contributed by atoms with Crippen LogP contribution in [-0.2, 0) is 0 Å². The lowest BCUT2D eigenvalue weighted by Crippen LogP contribution is -2.30. The lowest BCUT2D eigenvalue weighted by Gasteiger charge is -2.17. The first-order chi connectivity index (χ1) is 13.9. The van der Waals surface area contributed by atoms with Crippen LogP contribution in [0.1, 0.15) is 37.4 Å². The molecule has 5 nitrogen and oxygen atoms in total. The van der Waals surface area contributed by atoms with Gasteiger partial charge in [0.15, 0.2) is 5.58 Å². The van der Waals surface area contributed by atoms with Crippen molar-refractivity contribution in [2.24, 2.45) is 0 Å². The van der Waals surface area contributed by atoms with E-state index in [0.29, 0.717) is 22.7 Å². The van der Waals surface area contributed by atoms with E-state index in [1.165, 1.54) is 4.90 Å². The molecule has 5 heteroatoms. The second-order valence-electron chi connectivity index (χ2n) is 7.44. The van der Waals surface area contributed by atoms with Crippen LogP contribution in [-0.4, -0.2) is 16.8 Å². The zero-order chi connectivity index (χ0) is 20.3. The normalized spacial score (nSPS) is 13.4. The molecule has 0 atom stereocenters. The van der Waals surface area contributed by atoms with E-state index in [-0.39, 0.29) is 11.8 Å². The molecule has 3 aromatic carbocycles. The highest BCUT2D eigenvalue weighted by molar-refractivity contribution is 6.34. The van der Waals surface area contributed by atoms with E-state index < -0.39 is 0 Å². The molecule has 1 aliphatic heterocycles. The van der Waals surface area contributed by atoms with Crippen LogP contribution < -0.4 is 4.90 Å². The molecule has 1 aromatic heterocycles. The topological polar surface area (TPSA) is 63.4 Å². The van der Waals surface area contributed by atoms with E-state index in [1.807, 2.05) is 39.0 Å². The molecule has 4 aromatic rings. The Hall–Kier alpha value is -3.73. The first-order valence-corrected chi connectivity index (χ1v) is 9.40. The Morgan fingerprint density at radius 1 is 0.828 bits per heavy atom. The average Bonchev–Trinajstić information content (AvgIpc) is 3.23. The molecule has 0 fully saturated rings. The van der Waals surface area contributed by atoms with Gasteiger partial charge in [-0.25, -0.2) is 9.88 Å². The molecule has 0 saturated carbocycles. The van der Waals surface area contributed by atoms with Gasteiger partial charge in [-0.1, -0.05) is 24.3 Å². The van der Waals surface area contributed by atoms with Gasteiger partial charge in [-0.15, -0.1) is 0 Å². The number of amides is 2. The smallest absolute Gasteiger partial charge is 0.266 e. The number of oxazole rings is 1. The number of hydrogen-bond donors (Lipinski definition) is 0. The number of aryl methyl sites for hydroxylation is 3. The van der Waals surface area contributed by atoms with E-state index in [2.05, 4.69) is 11.1 Å². The summed E-state index contributed by atoms with van der Waals surface area (Å²) in [5.74, 6) is -0.156. The van der Waals surface area contributed by atoms with E-state index in [0.717, 1.165) is 33.4 Å². The van der Waals surface area contributed by atoms with Crippen molar-refractivity contribution in [1.29, 1.82) is 0 Å². The number of carbonyl (C=O) groups excluding carboxylic acids is 2. The summed E-state index contributed by atoms with van der Waals surface area (Å²) in [4.78, 5) is 31.7. The molecule has 1 aliphatic rings. The summed E-state index contributed by atoms with van der Waals surface area (Å²) >= 11 is 0. The molecular formula is C24H18N2O3. The maximum Gasteiger partial charge on any atom is 0.266 e. The van der Waals surface area contributed by atoms with Gasteiger partial charge in [0.2, 0.25) is 5.89 Å². The predicted octanol–water partition coefficient (Wildman–Crippen LogP) is 5.22. The fourth-order valence-electron chi connectivity index (χ4n) is 3.89. The fraction of sp³-hybridized carbons (Fsp3) is 0.125. The Morgan fingerprint density at radius 3 is 2.21 bits per heavy atom. The van der Waals surface area contributed by atoms with Crippen molar-refractivity contribution in [3.05, 3.63) is 82.4 Å². The van der Waals surface area contributed by atoms with Gasteiger partial charge < -0.3 is 4.42 Å². The fourth-order valence-corrected chi connectivity index (χ4v) is 3.89. The average molecular weight is 382 g/mol. The van der Waals surface area contributed by atoms with Gasteiger partial charge in [0.25, 0.3) is 11.8 Å². The predicted molar refractivity (Wildman–Crippen MR) is 111 cm³/mol. The van der Waals surface area contributed by atoms with Crippen LogP contribution in [0.25, 0.3) is 22.6 Å². The number of aromatic nitrogens is 1. The Morgan fingerprint density at radius 2 is 1.52 bits per heavy atom. The van der Waals surface area contributed by atoms with Gasteiger partial charge in [-0.05, 0) is 67.8 Å². The van der Waals surface area contributed by atoms with Gasteiger partial charge in [0.1, 0.15) is 5.52 Å². The summed E-state index contributed by atoms with van der Waals surface area (Å²) in [6, 6.07) is 16.5. The molecule has 29 heavy (non-hydrogen) atoms. The molecule has 0 unspecified atom stereocenters. The summed E-state index contributed by atoms with van der Waals surface area (Å²) in [5, 5.41) is 0. The molecule has 0 saturated heterocycles. The van der Waals surface area contributed by atoms with E-state index in [1.54, 1.807) is 30.3 Å². The van der Waals surface area contributed by atoms with Gasteiger partial charge >= 0.3 is 0 Å². The number of fused-ring (bicyclic) bond motifs is 2. The van der Waals surface area contributed by atoms with Crippen molar-refractivity contribution >= 4 is 28.6 Å². The number of rotatable bonds is 2. The second kappa shape index (κ2) is 6.14. The van der Waals surface area contributed by atoms with Crippen molar-refractivity contribution in [3.8, 4) is 11.5 Å². The zero-order valence-electron chi connectivity index (χ0n) is 16.3. The highest BCUT2D eigenvalue weighted by Gasteiger charge is 2.37. The molecule has 0 spiro atoms. The molecule has 2 amide bonds. The van der Waals surface area contributed by atoms with Crippen LogP contribution in [0.15, 0.2) is 59.0 Å². The van der Waals surface area contributed by atoms with Gasteiger partial charge in [-0.3, -0.25) is 9.59 Å². The van der Waals surface area contributed by atoms with E-state index in [4.69, 9.17) is 4.42 Å². The van der Waals surface area contributed by atoms with Crippen LogP contribution in [0.2, 0.25) is 0 Å². The molecule has 0 N–H and O–H groups in total. The number of anilines is 1. The highest BCUT2D eigenvalue weighted by atomic mass is 16.3. The zero-order valence-corrected chi connectivity index (χ0v) is 16.3. The van der Waals surface area contributed by atoms with Crippen LogP contribution in [0.4, 0.5) is 5.69 Å². The van der Waals surface area contributed by atoms with Gasteiger partial charge in [-0.2, -0.15) is 0 Å². The number of carbonyl (C=O) groups is 2. The minimum atomic E-state index is -0.310. The summed E-state index contributed by atoms with van der Waals surface area (Å²) < 4.78 is 6.01. The third-order valence-corrected chi connectivity index (χ3v) is 5.31. The Bertz CT molecular complexity index is 1300. The molecule has 142 valence electrons. The quantitative estimate of drug-likeness (QED) is 0.446. The van der Waals surface area contributed by atoms with Crippen molar-refractivity contribution in [3.63, 3.8) is 0 Å². The molecule has 0 aliphatic carbocycles. The Balaban J connectivity index is 1.63. The number of hydrogen-bond acceptors (Lipinski definition) is 4. The van der Waals surface area contributed by atoms with Crippen molar-refractivity contribution in [2.75, 3.05) is 4.90 Å². The first kappa shape index (κ1) is 17.4. The standard InChI is InChI=1S/C24H18N2O3/c1-13-10-15(3)21-19(11-13)25-22(29-21)16-9-8-14(2)20(12-16)26-23(27)17-6-4-5-7-18(17)24(26)28/h4-12H,1-3H3. The number of nitrogens with zero attached hydrogens (tertiary/aromatic N) is 2.